The SMILES string of the molecule is CCCC(=O)N1c2ccc(C(=O)CCCN)cc2CC1C. The standard InChI is InChI=1S/C17H24N2O2/c1-3-5-17(21)19-12(2)10-14-11-13(7-8-15(14)19)16(20)6-4-9-18/h7-8,11-12H,3-6,9-10,18H2,1-2H3. The molecule has 1 amide bonds. The molecule has 0 bridgehead atoms. The second-order valence-electron chi connectivity index (χ2n) is 5.73. The smallest absolute Gasteiger partial charge is 0.227 e. The molecule has 1 aliphatic heterocycles. The van der Waals surface area contributed by atoms with Crippen molar-refractivity contribution in [1.82, 2.24) is 0 Å². The Morgan fingerprint density at radius 3 is 2.76 bits per heavy atom. The van der Waals surface area contributed by atoms with E-state index in [4.69, 9.17) is 5.73 Å². The maximum atomic E-state index is 12.2. The van der Waals surface area contributed by atoms with Crippen molar-refractivity contribution in [2.75, 3.05) is 11.4 Å². The number of ketones is 1. The normalized spacial score (nSPS) is 16.9. The van der Waals surface area contributed by atoms with Gasteiger partial charge in [0.2, 0.25) is 5.91 Å². The minimum Gasteiger partial charge on any atom is -0.330 e. The zero-order valence-corrected chi connectivity index (χ0v) is 12.9. The van der Waals surface area contributed by atoms with Crippen molar-refractivity contribution in [3.05, 3.63) is 29.3 Å². The van der Waals surface area contributed by atoms with Gasteiger partial charge in [-0.3, -0.25) is 9.59 Å². The number of anilines is 1. The number of rotatable bonds is 6. The second-order valence-corrected chi connectivity index (χ2v) is 5.73. The molecule has 0 fully saturated rings. The molecular weight excluding hydrogens is 264 g/mol. The number of hydrogen-bond donors (Lipinski definition) is 1. The molecule has 1 atom stereocenters. The van der Waals surface area contributed by atoms with Crippen molar-refractivity contribution in [3.8, 4) is 0 Å². The molecule has 21 heavy (non-hydrogen) atoms. The van der Waals surface area contributed by atoms with Crippen molar-refractivity contribution in [2.24, 2.45) is 5.73 Å². The summed E-state index contributed by atoms with van der Waals surface area (Å²) < 4.78 is 0. The van der Waals surface area contributed by atoms with Crippen LogP contribution in [0, 0.1) is 0 Å². The first-order valence-electron chi connectivity index (χ1n) is 7.76. The average Bonchev–Trinajstić information content (AvgIpc) is 2.79. The molecule has 1 aromatic carbocycles. The van der Waals surface area contributed by atoms with Gasteiger partial charge in [0.25, 0.3) is 0 Å². The van der Waals surface area contributed by atoms with Crippen LogP contribution in [0.3, 0.4) is 0 Å². The van der Waals surface area contributed by atoms with Gasteiger partial charge in [-0.1, -0.05) is 6.92 Å². The van der Waals surface area contributed by atoms with Crippen LogP contribution in [0.5, 0.6) is 0 Å². The maximum absolute atomic E-state index is 12.2. The summed E-state index contributed by atoms with van der Waals surface area (Å²) in [5, 5.41) is 0. The fourth-order valence-corrected chi connectivity index (χ4v) is 2.93. The van der Waals surface area contributed by atoms with Gasteiger partial charge in [-0.05, 0) is 56.5 Å². The summed E-state index contributed by atoms with van der Waals surface area (Å²) in [6.07, 6.45) is 3.45. The third-order valence-corrected chi connectivity index (χ3v) is 3.96. The van der Waals surface area contributed by atoms with Crippen LogP contribution < -0.4 is 10.6 Å². The van der Waals surface area contributed by atoms with E-state index in [1.54, 1.807) is 0 Å². The zero-order chi connectivity index (χ0) is 15.4. The number of hydrogen-bond acceptors (Lipinski definition) is 3. The van der Waals surface area contributed by atoms with Gasteiger partial charge in [0.15, 0.2) is 5.78 Å². The van der Waals surface area contributed by atoms with Crippen LogP contribution in [0.1, 0.15) is 55.5 Å². The van der Waals surface area contributed by atoms with E-state index >= 15 is 0 Å². The van der Waals surface area contributed by atoms with E-state index in [1.165, 1.54) is 0 Å². The average molecular weight is 288 g/mol. The lowest BCUT2D eigenvalue weighted by molar-refractivity contribution is -0.118. The summed E-state index contributed by atoms with van der Waals surface area (Å²) >= 11 is 0. The summed E-state index contributed by atoms with van der Waals surface area (Å²) in [6.45, 7) is 4.61. The van der Waals surface area contributed by atoms with Gasteiger partial charge in [-0.2, -0.15) is 0 Å². The first-order valence-corrected chi connectivity index (χ1v) is 7.76. The lowest BCUT2D eigenvalue weighted by Crippen LogP contribution is -2.35. The quantitative estimate of drug-likeness (QED) is 0.819. The maximum Gasteiger partial charge on any atom is 0.227 e. The molecule has 0 saturated carbocycles. The Balaban J connectivity index is 2.21. The highest BCUT2D eigenvalue weighted by molar-refractivity contribution is 5.99. The molecule has 114 valence electrons. The number of nitrogens with zero attached hydrogens (tertiary/aromatic N) is 1. The Morgan fingerprint density at radius 1 is 1.33 bits per heavy atom. The van der Waals surface area contributed by atoms with Crippen molar-refractivity contribution < 1.29 is 9.59 Å². The molecule has 1 unspecified atom stereocenters. The summed E-state index contributed by atoms with van der Waals surface area (Å²) in [5.74, 6) is 0.306. The Morgan fingerprint density at radius 2 is 2.10 bits per heavy atom. The molecule has 4 nitrogen and oxygen atoms in total. The molecule has 1 aliphatic rings. The van der Waals surface area contributed by atoms with Crippen LogP contribution in [0.4, 0.5) is 5.69 Å². The Kier molecular flexibility index (Phi) is 5.12. The van der Waals surface area contributed by atoms with Gasteiger partial charge in [0, 0.05) is 30.1 Å². The Hall–Kier alpha value is -1.68. The summed E-state index contributed by atoms with van der Waals surface area (Å²) in [7, 11) is 0. The largest absolute Gasteiger partial charge is 0.330 e. The lowest BCUT2D eigenvalue weighted by atomic mass is 10.0. The fourth-order valence-electron chi connectivity index (χ4n) is 2.93. The fraction of sp³-hybridized carbons (Fsp3) is 0.529. The predicted octanol–water partition coefficient (Wildman–Crippen LogP) is 2.69. The third kappa shape index (κ3) is 3.32. The van der Waals surface area contributed by atoms with Crippen LogP contribution in [-0.2, 0) is 11.2 Å². The highest BCUT2D eigenvalue weighted by Crippen LogP contribution is 2.33. The van der Waals surface area contributed by atoms with Crippen LogP contribution >= 0.6 is 0 Å². The Bertz CT molecular complexity index is 540. The van der Waals surface area contributed by atoms with E-state index in [9.17, 15) is 9.59 Å². The van der Waals surface area contributed by atoms with E-state index in [-0.39, 0.29) is 17.7 Å². The van der Waals surface area contributed by atoms with Gasteiger partial charge < -0.3 is 10.6 Å². The number of carbonyl (C=O) groups is 2. The number of amides is 1. The number of nitrogens with two attached hydrogens (primary N) is 1. The van der Waals surface area contributed by atoms with Crippen molar-refractivity contribution in [3.63, 3.8) is 0 Å². The van der Waals surface area contributed by atoms with E-state index in [1.807, 2.05) is 30.0 Å². The molecule has 0 aromatic heterocycles. The minimum atomic E-state index is 0.134. The summed E-state index contributed by atoms with van der Waals surface area (Å²) in [4.78, 5) is 26.2. The second kappa shape index (κ2) is 6.85. The molecule has 0 radical (unpaired) electrons. The highest BCUT2D eigenvalue weighted by atomic mass is 16.2. The topological polar surface area (TPSA) is 63.4 Å². The number of benzene rings is 1. The number of carbonyl (C=O) groups excluding carboxylic acids is 2. The molecular formula is C17H24N2O2. The lowest BCUT2D eigenvalue weighted by Gasteiger charge is -2.22. The first-order chi connectivity index (χ1) is 10.1. The van der Waals surface area contributed by atoms with Crippen LogP contribution in [-0.4, -0.2) is 24.3 Å². The molecule has 0 saturated heterocycles. The first kappa shape index (κ1) is 15.7. The van der Waals surface area contributed by atoms with Crippen molar-refractivity contribution in [1.29, 1.82) is 0 Å². The van der Waals surface area contributed by atoms with E-state index in [0.717, 1.165) is 29.7 Å². The summed E-state index contributed by atoms with van der Waals surface area (Å²) in [5.41, 5.74) is 8.25. The van der Waals surface area contributed by atoms with Crippen LogP contribution in [0.2, 0.25) is 0 Å². The molecule has 1 heterocycles. The molecule has 0 spiro atoms. The van der Waals surface area contributed by atoms with Gasteiger partial charge in [0.05, 0.1) is 0 Å². The molecule has 2 rings (SSSR count). The highest BCUT2D eigenvalue weighted by Gasteiger charge is 2.30. The molecule has 1 aromatic rings. The van der Waals surface area contributed by atoms with E-state index in [2.05, 4.69) is 6.92 Å². The van der Waals surface area contributed by atoms with Crippen molar-refractivity contribution in [2.45, 2.75) is 52.0 Å². The third-order valence-electron chi connectivity index (χ3n) is 3.96. The van der Waals surface area contributed by atoms with Crippen LogP contribution in [0.25, 0.3) is 0 Å². The van der Waals surface area contributed by atoms with E-state index in [0.29, 0.717) is 25.8 Å². The van der Waals surface area contributed by atoms with Gasteiger partial charge >= 0.3 is 0 Å². The van der Waals surface area contributed by atoms with Gasteiger partial charge in [0.1, 0.15) is 0 Å². The van der Waals surface area contributed by atoms with Crippen LogP contribution in [0.15, 0.2) is 18.2 Å². The Labute approximate surface area is 126 Å². The summed E-state index contributed by atoms with van der Waals surface area (Å²) in [6, 6.07) is 5.88. The molecule has 2 N–H and O–H groups in total. The van der Waals surface area contributed by atoms with Crippen molar-refractivity contribution >= 4 is 17.4 Å². The van der Waals surface area contributed by atoms with Gasteiger partial charge in [-0.25, -0.2) is 0 Å². The zero-order valence-electron chi connectivity index (χ0n) is 12.9. The monoisotopic (exact) mass is 288 g/mol. The number of Topliss-reactive ketones (excluding diaryl/α,β-unsaturated/α-hetero) is 1. The number of fused-ring (bicyclic) bond motifs is 1. The van der Waals surface area contributed by atoms with Gasteiger partial charge in [-0.15, -0.1) is 0 Å². The molecule has 0 aliphatic carbocycles. The molecule has 4 heteroatoms. The minimum absolute atomic E-state index is 0.134. The van der Waals surface area contributed by atoms with E-state index < -0.39 is 0 Å². The predicted molar refractivity (Wildman–Crippen MR) is 84.6 cm³/mol.